The van der Waals surface area contributed by atoms with Gasteiger partial charge in [0.1, 0.15) is 10.8 Å². The average molecular weight is 324 g/mol. The van der Waals surface area contributed by atoms with Crippen LogP contribution in [0.3, 0.4) is 0 Å². The number of hydrogen-bond donors (Lipinski definition) is 1. The fourth-order valence-electron chi connectivity index (χ4n) is 2.02. The van der Waals surface area contributed by atoms with E-state index in [0.29, 0.717) is 15.9 Å². The number of fused-ring (bicyclic) bond motifs is 1. The third kappa shape index (κ3) is 2.46. The van der Waals surface area contributed by atoms with E-state index in [1.54, 1.807) is 0 Å². The Kier molecular flexibility index (Phi) is 3.78. The van der Waals surface area contributed by atoms with E-state index in [9.17, 15) is 0 Å². The molecular weight excluding hydrogens is 313 g/mol. The molecule has 0 bridgehead atoms. The van der Waals surface area contributed by atoms with Crippen LogP contribution in [0.4, 0.5) is 5.00 Å². The van der Waals surface area contributed by atoms with Crippen molar-refractivity contribution in [3.63, 3.8) is 0 Å². The molecule has 3 nitrogen and oxygen atoms in total. The number of nitrogens with one attached hydrogen (secondary N) is 1. The van der Waals surface area contributed by atoms with E-state index >= 15 is 0 Å². The third-order valence-corrected chi connectivity index (χ3v) is 4.47. The predicted molar refractivity (Wildman–Crippen MR) is 87.4 cm³/mol. The SMILES string of the molecule is CNC1=Nc2sc(Cl)cc2C(c2ccccc2Cl)=NC1. The normalized spacial score (nSPS) is 14.2. The maximum atomic E-state index is 6.29. The summed E-state index contributed by atoms with van der Waals surface area (Å²) in [6.07, 6.45) is 0. The second kappa shape index (κ2) is 5.56. The van der Waals surface area contributed by atoms with Gasteiger partial charge in [0.05, 0.1) is 16.6 Å². The van der Waals surface area contributed by atoms with Crippen molar-refractivity contribution >= 4 is 51.1 Å². The predicted octanol–water partition coefficient (Wildman–Crippen LogP) is 4.16. The molecule has 20 heavy (non-hydrogen) atoms. The molecule has 0 unspecified atom stereocenters. The van der Waals surface area contributed by atoms with Crippen molar-refractivity contribution in [2.75, 3.05) is 13.6 Å². The summed E-state index contributed by atoms with van der Waals surface area (Å²) in [4.78, 5) is 9.21. The minimum Gasteiger partial charge on any atom is -0.375 e. The molecule has 1 aliphatic rings. The Bertz CT molecular complexity index is 719. The molecule has 1 aromatic carbocycles. The topological polar surface area (TPSA) is 36.8 Å². The van der Waals surface area contributed by atoms with Gasteiger partial charge >= 0.3 is 0 Å². The number of thiophene rings is 1. The van der Waals surface area contributed by atoms with Crippen molar-refractivity contribution in [3.05, 3.63) is 50.8 Å². The molecule has 0 fully saturated rings. The van der Waals surface area contributed by atoms with Gasteiger partial charge in [-0.05, 0) is 12.1 Å². The van der Waals surface area contributed by atoms with Gasteiger partial charge in [0.25, 0.3) is 0 Å². The van der Waals surface area contributed by atoms with E-state index in [-0.39, 0.29) is 0 Å². The van der Waals surface area contributed by atoms with Crippen LogP contribution in [-0.2, 0) is 0 Å². The van der Waals surface area contributed by atoms with Crippen molar-refractivity contribution < 1.29 is 0 Å². The minimum atomic E-state index is 0.496. The summed E-state index contributed by atoms with van der Waals surface area (Å²) in [6.45, 7) is 0.496. The monoisotopic (exact) mass is 323 g/mol. The molecule has 0 amide bonds. The van der Waals surface area contributed by atoms with Gasteiger partial charge < -0.3 is 5.32 Å². The molecular formula is C14H11Cl2N3S. The number of halogens is 2. The van der Waals surface area contributed by atoms with Crippen LogP contribution in [0.15, 0.2) is 40.3 Å². The van der Waals surface area contributed by atoms with E-state index in [1.807, 2.05) is 37.4 Å². The number of aliphatic imine (C=N–C) groups is 2. The first-order valence-electron chi connectivity index (χ1n) is 6.03. The van der Waals surface area contributed by atoms with E-state index < -0.39 is 0 Å². The van der Waals surface area contributed by atoms with Gasteiger partial charge in [0.15, 0.2) is 0 Å². The largest absolute Gasteiger partial charge is 0.375 e. The zero-order valence-electron chi connectivity index (χ0n) is 10.7. The Balaban J connectivity index is 2.19. The summed E-state index contributed by atoms with van der Waals surface area (Å²) >= 11 is 13.9. The Morgan fingerprint density at radius 1 is 1.20 bits per heavy atom. The van der Waals surface area contributed by atoms with Crippen molar-refractivity contribution in [2.24, 2.45) is 9.98 Å². The van der Waals surface area contributed by atoms with E-state index in [4.69, 9.17) is 23.2 Å². The van der Waals surface area contributed by atoms with Gasteiger partial charge in [-0.25, -0.2) is 4.99 Å². The highest BCUT2D eigenvalue weighted by molar-refractivity contribution is 7.20. The van der Waals surface area contributed by atoms with Crippen LogP contribution >= 0.6 is 34.5 Å². The molecule has 1 aromatic heterocycles. The second-order valence-corrected chi connectivity index (χ2v) is 6.29. The molecule has 2 aromatic rings. The first-order valence-corrected chi connectivity index (χ1v) is 7.60. The van der Waals surface area contributed by atoms with Crippen LogP contribution in [0.2, 0.25) is 9.36 Å². The van der Waals surface area contributed by atoms with Gasteiger partial charge in [-0.2, -0.15) is 0 Å². The lowest BCUT2D eigenvalue weighted by atomic mass is 10.0. The maximum Gasteiger partial charge on any atom is 0.129 e. The maximum absolute atomic E-state index is 6.29. The molecule has 6 heteroatoms. The minimum absolute atomic E-state index is 0.496. The summed E-state index contributed by atoms with van der Waals surface area (Å²) in [6, 6.07) is 9.56. The van der Waals surface area contributed by atoms with Gasteiger partial charge in [-0.3, -0.25) is 4.99 Å². The highest BCUT2D eigenvalue weighted by atomic mass is 35.5. The van der Waals surface area contributed by atoms with Crippen LogP contribution in [0, 0.1) is 0 Å². The fraction of sp³-hybridized carbons (Fsp3) is 0.143. The van der Waals surface area contributed by atoms with Gasteiger partial charge in [0, 0.05) is 23.2 Å². The quantitative estimate of drug-likeness (QED) is 0.840. The number of nitrogens with zero attached hydrogens (tertiary/aromatic N) is 2. The molecule has 3 rings (SSSR count). The lowest BCUT2D eigenvalue weighted by Crippen LogP contribution is -2.20. The molecule has 0 atom stereocenters. The average Bonchev–Trinajstić information content (AvgIpc) is 2.71. The number of rotatable bonds is 1. The molecule has 0 radical (unpaired) electrons. The molecule has 1 N–H and O–H groups in total. The summed E-state index contributed by atoms with van der Waals surface area (Å²) in [5.41, 5.74) is 2.67. The van der Waals surface area contributed by atoms with Crippen LogP contribution in [0.1, 0.15) is 11.1 Å². The number of hydrogen-bond acceptors (Lipinski definition) is 4. The van der Waals surface area contributed by atoms with Crippen LogP contribution in [0.5, 0.6) is 0 Å². The smallest absolute Gasteiger partial charge is 0.129 e. The van der Waals surface area contributed by atoms with Crippen molar-refractivity contribution in [3.8, 4) is 0 Å². The summed E-state index contributed by atoms with van der Waals surface area (Å²) < 4.78 is 0.691. The lowest BCUT2D eigenvalue weighted by Gasteiger charge is -2.06. The second-order valence-electron chi connectivity index (χ2n) is 4.22. The zero-order chi connectivity index (χ0) is 14.1. The van der Waals surface area contributed by atoms with E-state index in [1.165, 1.54) is 11.3 Å². The summed E-state index contributed by atoms with van der Waals surface area (Å²) in [7, 11) is 1.84. The lowest BCUT2D eigenvalue weighted by molar-refractivity contribution is 1.10. The molecule has 2 heterocycles. The Morgan fingerprint density at radius 2 is 2.00 bits per heavy atom. The van der Waals surface area contributed by atoms with Gasteiger partial charge in [-0.1, -0.05) is 41.4 Å². The first kappa shape index (κ1) is 13.6. The van der Waals surface area contributed by atoms with Crippen LogP contribution < -0.4 is 5.32 Å². The van der Waals surface area contributed by atoms with E-state index in [2.05, 4.69) is 15.3 Å². The van der Waals surface area contributed by atoms with Gasteiger partial charge in [0.2, 0.25) is 0 Å². The van der Waals surface area contributed by atoms with Crippen LogP contribution in [0.25, 0.3) is 0 Å². The molecule has 0 spiro atoms. The fourth-order valence-corrected chi connectivity index (χ4v) is 3.36. The Hall–Kier alpha value is -1.36. The third-order valence-electron chi connectivity index (χ3n) is 2.98. The standard InChI is InChI=1S/C14H11Cl2N3S/c1-17-12-7-18-13(8-4-2-3-5-10(8)15)9-6-11(16)20-14(9)19-12/h2-6H,7H2,1H3,(H,17,19). The highest BCUT2D eigenvalue weighted by Crippen LogP contribution is 2.37. The summed E-state index contributed by atoms with van der Waals surface area (Å²) in [5.74, 6) is 0.812. The van der Waals surface area contributed by atoms with E-state index in [0.717, 1.165) is 27.7 Å². The molecule has 0 saturated carbocycles. The number of likely N-dealkylation sites (N-methyl/N-ethyl adjacent to an activating group) is 1. The highest BCUT2D eigenvalue weighted by Gasteiger charge is 2.20. The van der Waals surface area contributed by atoms with Crippen molar-refractivity contribution in [1.29, 1.82) is 0 Å². The Morgan fingerprint density at radius 3 is 2.75 bits per heavy atom. The van der Waals surface area contributed by atoms with Gasteiger partial charge in [-0.15, -0.1) is 11.3 Å². The number of amidine groups is 1. The number of benzene rings is 1. The van der Waals surface area contributed by atoms with Crippen molar-refractivity contribution in [2.45, 2.75) is 0 Å². The first-order chi connectivity index (χ1) is 9.69. The zero-order valence-corrected chi connectivity index (χ0v) is 13.0. The molecule has 0 aliphatic carbocycles. The Labute approximate surface area is 131 Å². The molecule has 0 saturated heterocycles. The molecule has 1 aliphatic heterocycles. The summed E-state index contributed by atoms with van der Waals surface area (Å²) in [5, 5.41) is 4.58. The molecule has 102 valence electrons. The van der Waals surface area contributed by atoms with Crippen molar-refractivity contribution in [1.82, 2.24) is 5.32 Å². The van der Waals surface area contributed by atoms with Crippen LogP contribution in [-0.4, -0.2) is 25.1 Å².